The summed E-state index contributed by atoms with van der Waals surface area (Å²) in [5, 5.41) is 11.5. The molecule has 0 fully saturated rings. The number of aliphatic imine (C=N–C) groups is 1. The second kappa shape index (κ2) is 9.33. The van der Waals surface area contributed by atoms with E-state index < -0.39 is 0 Å². The summed E-state index contributed by atoms with van der Waals surface area (Å²) in [5.74, 6) is 1.68. The van der Waals surface area contributed by atoms with E-state index in [1.807, 2.05) is 31.2 Å². The van der Waals surface area contributed by atoms with Gasteiger partial charge in [0.25, 0.3) is 0 Å². The summed E-state index contributed by atoms with van der Waals surface area (Å²) in [4.78, 5) is 4.61. The number of nitrogens with one attached hydrogen (secondary N) is 2. The molecule has 0 saturated carbocycles. The van der Waals surface area contributed by atoms with Gasteiger partial charge in [-0.15, -0.1) is 0 Å². The van der Waals surface area contributed by atoms with Gasteiger partial charge in [-0.1, -0.05) is 48.8 Å². The molecule has 0 atom stereocenters. The summed E-state index contributed by atoms with van der Waals surface area (Å²) in [6.07, 6.45) is 1.69. The zero-order valence-corrected chi connectivity index (χ0v) is 15.3. The van der Waals surface area contributed by atoms with Crippen LogP contribution in [-0.4, -0.2) is 17.7 Å². The molecule has 1 aromatic carbocycles. The van der Waals surface area contributed by atoms with Gasteiger partial charge in [-0.25, -0.2) is 4.99 Å². The molecule has 0 radical (unpaired) electrons. The highest BCUT2D eigenvalue weighted by Crippen LogP contribution is 2.16. The van der Waals surface area contributed by atoms with Crippen LogP contribution in [0.4, 0.5) is 0 Å². The first-order valence-electron chi connectivity index (χ1n) is 8.41. The molecule has 24 heavy (non-hydrogen) atoms. The highest BCUT2D eigenvalue weighted by atomic mass is 35.5. The molecule has 2 N–H and O–H groups in total. The topological polar surface area (TPSA) is 62.5 Å². The molecular weight excluding hydrogens is 324 g/mol. The SMILES string of the molecule is CCNC(=NCc1ccccc1Cl)NCc1c(CC)noc1CC. The molecule has 0 spiro atoms. The van der Waals surface area contributed by atoms with Gasteiger partial charge in [-0.3, -0.25) is 0 Å². The highest BCUT2D eigenvalue weighted by Gasteiger charge is 2.13. The highest BCUT2D eigenvalue weighted by molar-refractivity contribution is 6.31. The average Bonchev–Trinajstić information content (AvgIpc) is 3.00. The molecule has 5 nitrogen and oxygen atoms in total. The number of rotatable bonds is 7. The zero-order chi connectivity index (χ0) is 17.4. The number of hydrogen-bond acceptors (Lipinski definition) is 3. The number of guanidine groups is 1. The molecular formula is C18H25ClN4O. The van der Waals surface area contributed by atoms with E-state index in [0.29, 0.717) is 13.1 Å². The van der Waals surface area contributed by atoms with E-state index in [1.165, 1.54) is 0 Å². The van der Waals surface area contributed by atoms with Crippen molar-refractivity contribution >= 4 is 17.6 Å². The Bertz CT molecular complexity index is 660. The van der Waals surface area contributed by atoms with E-state index in [1.54, 1.807) is 0 Å². The fourth-order valence-corrected chi connectivity index (χ4v) is 2.64. The third-order valence-corrected chi connectivity index (χ3v) is 4.12. The van der Waals surface area contributed by atoms with Gasteiger partial charge in [0.15, 0.2) is 5.96 Å². The minimum absolute atomic E-state index is 0.528. The van der Waals surface area contributed by atoms with Crippen molar-refractivity contribution in [1.29, 1.82) is 0 Å². The van der Waals surface area contributed by atoms with Crippen LogP contribution in [0.1, 0.15) is 43.4 Å². The van der Waals surface area contributed by atoms with Crippen LogP contribution in [-0.2, 0) is 25.9 Å². The van der Waals surface area contributed by atoms with Crippen LogP contribution in [0.5, 0.6) is 0 Å². The Balaban J connectivity index is 2.07. The molecule has 0 bridgehead atoms. The normalized spacial score (nSPS) is 11.6. The van der Waals surface area contributed by atoms with Crippen LogP contribution < -0.4 is 10.6 Å². The van der Waals surface area contributed by atoms with E-state index in [2.05, 4.69) is 34.6 Å². The third-order valence-electron chi connectivity index (χ3n) is 3.75. The minimum Gasteiger partial charge on any atom is -0.361 e. The molecule has 0 aliphatic carbocycles. The van der Waals surface area contributed by atoms with Gasteiger partial charge >= 0.3 is 0 Å². The fourth-order valence-electron chi connectivity index (χ4n) is 2.44. The van der Waals surface area contributed by atoms with E-state index in [-0.39, 0.29) is 0 Å². The lowest BCUT2D eigenvalue weighted by Crippen LogP contribution is -2.37. The smallest absolute Gasteiger partial charge is 0.191 e. The van der Waals surface area contributed by atoms with Gasteiger partial charge in [0, 0.05) is 30.1 Å². The van der Waals surface area contributed by atoms with Crippen LogP contribution in [0.25, 0.3) is 0 Å². The number of hydrogen-bond donors (Lipinski definition) is 2. The van der Waals surface area contributed by atoms with Crippen molar-refractivity contribution < 1.29 is 4.52 Å². The van der Waals surface area contributed by atoms with Crippen molar-refractivity contribution in [2.75, 3.05) is 6.54 Å². The summed E-state index contributed by atoms with van der Waals surface area (Å²) >= 11 is 6.19. The number of nitrogens with zero attached hydrogens (tertiary/aromatic N) is 2. The Kier molecular flexibility index (Phi) is 7.12. The lowest BCUT2D eigenvalue weighted by Gasteiger charge is -2.12. The standard InChI is InChI=1S/C18H25ClN4O/c1-4-16-14(17(5-2)24-23-16)12-22-18(20-6-3)21-11-13-9-7-8-10-15(13)19/h7-10H,4-6,11-12H2,1-3H3,(H2,20,21,22). The molecule has 0 aliphatic rings. The second-order valence-corrected chi connectivity index (χ2v) is 5.79. The Labute approximate surface area is 148 Å². The molecule has 0 saturated heterocycles. The molecule has 6 heteroatoms. The molecule has 0 aliphatic heterocycles. The maximum Gasteiger partial charge on any atom is 0.191 e. The van der Waals surface area contributed by atoms with Crippen molar-refractivity contribution in [2.24, 2.45) is 4.99 Å². The zero-order valence-electron chi connectivity index (χ0n) is 14.5. The molecule has 0 unspecified atom stereocenters. The first kappa shape index (κ1) is 18.3. The molecule has 130 valence electrons. The van der Waals surface area contributed by atoms with Crippen LogP contribution in [0.15, 0.2) is 33.8 Å². The maximum atomic E-state index is 6.19. The summed E-state index contributed by atoms with van der Waals surface area (Å²) < 4.78 is 5.41. The monoisotopic (exact) mass is 348 g/mol. The largest absolute Gasteiger partial charge is 0.361 e. The van der Waals surface area contributed by atoms with E-state index in [4.69, 9.17) is 16.1 Å². The van der Waals surface area contributed by atoms with Crippen molar-refractivity contribution in [3.8, 4) is 0 Å². The lowest BCUT2D eigenvalue weighted by atomic mass is 10.1. The quantitative estimate of drug-likeness (QED) is 0.591. The van der Waals surface area contributed by atoms with Crippen molar-refractivity contribution in [3.63, 3.8) is 0 Å². The summed E-state index contributed by atoms with van der Waals surface area (Å²) in [6, 6.07) is 7.75. The van der Waals surface area contributed by atoms with E-state index in [9.17, 15) is 0 Å². The Hall–Kier alpha value is -2.01. The summed E-state index contributed by atoms with van der Waals surface area (Å²) in [7, 11) is 0. The second-order valence-electron chi connectivity index (χ2n) is 5.38. The van der Waals surface area contributed by atoms with Crippen molar-refractivity contribution in [2.45, 2.75) is 46.7 Å². The predicted molar refractivity (Wildman–Crippen MR) is 98.4 cm³/mol. The number of halogens is 1. The Morgan fingerprint density at radius 1 is 1.17 bits per heavy atom. The molecule has 1 aromatic heterocycles. The maximum absolute atomic E-state index is 6.19. The first-order valence-corrected chi connectivity index (χ1v) is 8.79. The van der Waals surface area contributed by atoms with Gasteiger partial charge in [0.05, 0.1) is 12.2 Å². The molecule has 1 heterocycles. The van der Waals surface area contributed by atoms with Crippen LogP contribution >= 0.6 is 11.6 Å². The van der Waals surface area contributed by atoms with Gasteiger partial charge in [-0.05, 0) is 25.0 Å². The number of benzene rings is 1. The predicted octanol–water partition coefficient (Wildman–Crippen LogP) is 3.71. The van der Waals surface area contributed by atoms with E-state index >= 15 is 0 Å². The number of aryl methyl sites for hydroxylation is 2. The Morgan fingerprint density at radius 3 is 2.62 bits per heavy atom. The first-order chi connectivity index (χ1) is 11.7. The minimum atomic E-state index is 0.528. The van der Waals surface area contributed by atoms with Crippen molar-refractivity contribution in [1.82, 2.24) is 15.8 Å². The van der Waals surface area contributed by atoms with Gasteiger partial charge in [0.2, 0.25) is 0 Å². The summed E-state index contributed by atoms with van der Waals surface area (Å²) in [6.45, 7) is 8.15. The number of aromatic nitrogens is 1. The van der Waals surface area contributed by atoms with Crippen LogP contribution in [0, 0.1) is 0 Å². The molecule has 2 aromatic rings. The van der Waals surface area contributed by atoms with E-state index in [0.717, 1.165) is 52.9 Å². The van der Waals surface area contributed by atoms with Gasteiger partial charge < -0.3 is 15.2 Å². The fraction of sp³-hybridized carbons (Fsp3) is 0.444. The summed E-state index contributed by atoms with van der Waals surface area (Å²) in [5.41, 5.74) is 3.13. The van der Waals surface area contributed by atoms with Gasteiger partial charge in [0.1, 0.15) is 5.76 Å². The molecule has 2 rings (SSSR count). The Morgan fingerprint density at radius 2 is 1.96 bits per heavy atom. The van der Waals surface area contributed by atoms with Crippen molar-refractivity contribution in [3.05, 3.63) is 51.9 Å². The third kappa shape index (κ3) is 4.74. The molecule has 0 amide bonds. The average molecular weight is 349 g/mol. The van der Waals surface area contributed by atoms with Crippen LogP contribution in [0.2, 0.25) is 5.02 Å². The van der Waals surface area contributed by atoms with Gasteiger partial charge in [-0.2, -0.15) is 0 Å². The van der Waals surface area contributed by atoms with Crippen LogP contribution in [0.3, 0.4) is 0 Å². The lowest BCUT2D eigenvalue weighted by molar-refractivity contribution is 0.380.